The molecule has 0 spiro atoms. The van der Waals surface area contributed by atoms with E-state index in [4.69, 9.17) is 10.5 Å². The fraction of sp³-hybridized carbons (Fsp3) is 0.667. The zero-order valence-electron chi connectivity index (χ0n) is 13.5. The second kappa shape index (κ2) is 5.62. The van der Waals surface area contributed by atoms with E-state index in [1.165, 1.54) is 30.4 Å². The highest BCUT2D eigenvalue weighted by atomic mass is 16.5. The highest BCUT2D eigenvalue weighted by Gasteiger charge is 2.33. The second-order valence-corrected chi connectivity index (χ2v) is 7.44. The van der Waals surface area contributed by atoms with Crippen LogP contribution in [0.5, 0.6) is 5.75 Å². The molecule has 1 aromatic carbocycles. The van der Waals surface area contributed by atoms with Crippen LogP contribution in [0, 0.1) is 5.92 Å². The van der Waals surface area contributed by atoms with Crippen LogP contribution in [0.25, 0.3) is 0 Å². The Morgan fingerprint density at radius 3 is 2.86 bits per heavy atom. The molecule has 1 aliphatic heterocycles. The molecule has 1 aliphatic carbocycles. The van der Waals surface area contributed by atoms with Crippen molar-refractivity contribution < 1.29 is 4.74 Å². The van der Waals surface area contributed by atoms with Gasteiger partial charge in [-0.1, -0.05) is 25.1 Å². The molecule has 3 unspecified atom stereocenters. The van der Waals surface area contributed by atoms with Crippen LogP contribution in [-0.2, 0) is 6.42 Å². The van der Waals surface area contributed by atoms with Crippen molar-refractivity contribution >= 4 is 0 Å². The second-order valence-electron chi connectivity index (χ2n) is 7.44. The molecule has 21 heavy (non-hydrogen) atoms. The predicted molar refractivity (Wildman–Crippen MR) is 86.6 cm³/mol. The number of hydrogen-bond acceptors (Lipinski definition) is 3. The Labute approximate surface area is 128 Å². The molecule has 1 saturated carbocycles. The lowest BCUT2D eigenvalue weighted by Crippen LogP contribution is -2.35. The number of benzene rings is 1. The van der Waals surface area contributed by atoms with E-state index in [-0.39, 0.29) is 11.6 Å². The summed E-state index contributed by atoms with van der Waals surface area (Å²) < 4.78 is 6.20. The minimum absolute atomic E-state index is 0.0978. The van der Waals surface area contributed by atoms with Gasteiger partial charge in [-0.25, -0.2) is 0 Å². The third-order valence-corrected chi connectivity index (χ3v) is 4.86. The number of fused-ring (bicyclic) bond motifs is 1. The maximum atomic E-state index is 6.20. The van der Waals surface area contributed by atoms with Crippen molar-refractivity contribution in [3.05, 3.63) is 29.3 Å². The van der Waals surface area contributed by atoms with Gasteiger partial charge in [0.2, 0.25) is 0 Å². The summed E-state index contributed by atoms with van der Waals surface area (Å²) in [4.78, 5) is 0. The Bertz CT molecular complexity index is 512. The molecule has 3 atom stereocenters. The third-order valence-electron chi connectivity index (χ3n) is 4.86. The first kappa shape index (κ1) is 14.9. The van der Waals surface area contributed by atoms with Gasteiger partial charge < -0.3 is 15.8 Å². The molecule has 1 heterocycles. The summed E-state index contributed by atoms with van der Waals surface area (Å²) >= 11 is 0. The Morgan fingerprint density at radius 2 is 2.19 bits per heavy atom. The molecule has 0 saturated heterocycles. The number of ether oxygens (including phenoxy) is 1. The van der Waals surface area contributed by atoms with Gasteiger partial charge in [0.05, 0.1) is 0 Å². The largest absolute Gasteiger partial charge is 0.487 e. The molecular weight excluding hydrogens is 260 g/mol. The summed E-state index contributed by atoms with van der Waals surface area (Å²) in [6, 6.07) is 7.28. The molecule has 2 aliphatic rings. The highest BCUT2D eigenvalue weighted by molar-refractivity contribution is 5.47. The highest BCUT2D eigenvalue weighted by Crippen LogP contribution is 2.40. The standard InChI is InChI=1S/C18H28N2O/c1-12-7-8-14(9-12)20-16(11-19)15-6-4-5-13-10-18(2,3)21-17(13)15/h4-6,12,14,16,20H,7-11,19H2,1-3H3. The molecular formula is C18H28N2O. The van der Waals surface area contributed by atoms with Gasteiger partial charge in [0.25, 0.3) is 0 Å². The maximum absolute atomic E-state index is 6.20. The summed E-state index contributed by atoms with van der Waals surface area (Å²) in [6.45, 7) is 7.26. The topological polar surface area (TPSA) is 47.3 Å². The first-order chi connectivity index (χ1) is 9.98. The van der Waals surface area contributed by atoms with Crippen LogP contribution < -0.4 is 15.8 Å². The molecule has 3 rings (SSSR count). The number of para-hydroxylation sites is 1. The molecule has 3 N–H and O–H groups in total. The number of nitrogens with two attached hydrogens (primary N) is 1. The van der Waals surface area contributed by atoms with E-state index in [2.05, 4.69) is 44.3 Å². The Balaban J connectivity index is 1.81. The van der Waals surface area contributed by atoms with Gasteiger partial charge >= 0.3 is 0 Å². The lowest BCUT2D eigenvalue weighted by molar-refractivity contribution is 0.136. The number of hydrogen-bond donors (Lipinski definition) is 2. The van der Waals surface area contributed by atoms with Gasteiger partial charge in [-0.3, -0.25) is 0 Å². The summed E-state index contributed by atoms with van der Waals surface area (Å²) in [7, 11) is 0. The minimum atomic E-state index is -0.0978. The molecule has 0 amide bonds. The molecule has 3 heteroatoms. The first-order valence-electron chi connectivity index (χ1n) is 8.25. The predicted octanol–water partition coefficient (Wildman–Crippen LogP) is 3.18. The fourth-order valence-electron chi connectivity index (χ4n) is 3.84. The van der Waals surface area contributed by atoms with E-state index in [1.54, 1.807) is 0 Å². The summed E-state index contributed by atoms with van der Waals surface area (Å²) in [5, 5.41) is 3.76. The Kier molecular flexibility index (Phi) is 3.98. The first-order valence-corrected chi connectivity index (χ1v) is 8.25. The van der Waals surface area contributed by atoms with Gasteiger partial charge in [-0.15, -0.1) is 0 Å². The molecule has 0 radical (unpaired) electrons. The van der Waals surface area contributed by atoms with Crippen molar-refractivity contribution in [2.24, 2.45) is 11.7 Å². The van der Waals surface area contributed by atoms with Gasteiger partial charge in [0, 0.05) is 30.6 Å². The van der Waals surface area contributed by atoms with Crippen LogP contribution in [0.4, 0.5) is 0 Å². The van der Waals surface area contributed by atoms with E-state index in [1.807, 2.05) is 0 Å². The average molecular weight is 288 g/mol. The van der Waals surface area contributed by atoms with Crippen LogP contribution >= 0.6 is 0 Å². The molecule has 1 aromatic rings. The molecule has 0 aromatic heterocycles. The van der Waals surface area contributed by atoms with E-state index in [0.717, 1.165) is 18.1 Å². The van der Waals surface area contributed by atoms with Crippen molar-refractivity contribution in [1.82, 2.24) is 5.32 Å². The van der Waals surface area contributed by atoms with Gasteiger partial charge in [-0.05, 0) is 44.6 Å². The summed E-state index contributed by atoms with van der Waals surface area (Å²) in [5.74, 6) is 1.90. The third kappa shape index (κ3) is 3.09. The molecule has 116 valence electrons. The summed E-state index contributed by atoms with van der Waals surface area (Å²) in [5.41, 5.74) is 8.52. The SMILES string of the molecule is CC1CCC(NC(CN)c2cccc3c2OC(C)(C)C3)C1. The van der Waals surface area contributed by atoms with Gasteiger partial charge in [0.1, 0.15) is 11.4 Å². The Hall–Kier alpha value is -1.06. The smallest absolute Gasteiger partial charge is 0.128 e. The van der Waals surface area contributed by atoms with Crippen molar-refractivity contribution in [2.45, 2.75) is 64.1 Å². The molecule has 0 bridgehead atoms. The van der Waals surface area contributed by atoms with Gasteiger partial charge in [-0.2, -0.15) is 0 Å². The lowest BCUT2D eigenvalue weighted by atomic mass is 9.97. The Morgan fingerprint density at radius 1 is 1.38 bits per heavy atom. The van der Waals surface area contributed by atoms with Crippen molar-refractivity contribution in [3.63, 3.8) is 0 Å². The van der Waals surface area contributed by atoms with Gasteiger partial charge in [0.15, 0.2) is 0 Å². The van der Waals surface area contributed by atoms with Crippen LogP contribution in [0.3, 0.4) is 0 Å². The van der Waals surface area contributed by atoms with Crippen molar-refractivity contribution in [1.29, 1.82) is 0 Å². The van der Waals surface area contributed by atoms with E-state index in [9.17, 15) is 0 Å². The van der Waals surface area contributed by atoms with Crippen LogP contribution in [-0.4, -0.2) is 18.2 Å². The van der Waals surface area contributed by atoms with E-state index in [0.29, 0.717) is 12.6 Å². The van der Waals surface area contributed by atoms with Crippen molar-refractivity contribution in [3.8, 4) is 5.75 Å². The number of nitrogens with one attached hydrogen (secondary N) is 1. The fourth-order valence-corrected chi connectivity index (χ4v) is 3.84. The normalized spacial score (nSPS) is 28.2. The van der Waals surface area contributed by atoms with Crippen LogP contribution in [0.15, 0.2) is 18.2 Å². The maximum Gasteiger partial charge on any atom is 0.128 e. The van der Waals surface area contributed by atoms with Crippen LogP contribution in [0.1, 0.15) is 57.2 Å². The summed E-state index contributed by atoms with van der Waals surface area (Å²) in [6.07, 6.45) is 4.83. The zero-order valence-corrected chi connectivity index (χ0v) is 13.5. The van der Waals surface area contributed by atoms with E-state index >= 15 is 0 Å². The van der Waals surface area contributed by atoms with Crippen LogP contribution in [0.2, 0.25) is 0 Å². The van der Waals surface area contributed by atoms with E-state index < -0.39 is 0 Å². The lowest BCUT2D eigenvalue weighted by Gasteiger charge is -2.25. The molecule has 3 nitrogen and oxygen atoms in total. The number of rotatable bonds is 4. The quantitative estimate of drug-likeness (QED) is 0.894. The monoisotopic (exact) mass is 288 g/mol. The van der Waals surface area contributed by atoms with Crippen molar-refractivity contribution in [2.75, 3.05) is 6.54 Å². The average Bonchev–Trinajstić information content (AvgIpc) is 2.96. The minimum Gasteiger partial charge on any atom is -0.487 e. The molecule has 1 fully saturated rings. The zero-order chi connectivity index (χ0) is 15.0.